The Bertz CT molecular complexity index is 1770. The molecule has 14 heteroatoms. The number of fused-ring (bicyclic) bond motifs is 2. The summed E-state index contributed by atoms with van der Waals surface area (Å²) in [5.41, 5.74) is 19.3. The van der Waals surface area contributed by atoms with Gasteiger partial charge in [0.05, 0.1) is 34.4 Å². The molecule has 52 heavy (non-hydrogen) atoms. The van der Waals surface area contributed by atoms with Gasteiger partial charge in [-0.05, 0) is 74.4 Å². The molecule has 13 nitrogen and oxygen atoms in total. The molecule has 1 aliphatic heterocycles. The third-order valence-corrected chi connectivity index (χ3v) is 10.3. The van der Waals surface area contributed by atoms with Crippen LogP contribution in [0.1, 0.15) is 86.9 Å². The van der Waals surface area contributed by atoms with Gasteiger partial charge >= 0.3 is 0 Å². The lowest BCUT2D eigenvalue weighted by atomic mass is 9.87. The van der Waals surface area contributed by atoms with Gasteiger partial charge in [0.25, 0.3) is 5.91 Å². The molecule has 0 bridgehead atoms. The Kier molecular flexibility index (Phi) is 14.0. The molecule has 9 N–H and O–H groups in total. The summed E-state index contributed by atoms with van der Waals surface area (Å²) in [5.74, 6) is -2.28. The number of carbonyl (C=O) groups excluding carboxylic acids is 5. The van der Waals surface area contributed by atoms with Gasteiger partial charge in [0.2, 0.25) is 5.91 Å². The third kappa shape index (κ3) is 10.7. The molecule has 2 unspecified atom stereocenters. The molecule has 0 saturated heterocycles. The lowest BCUT2D eigenvalue weighted by molar-refractivity contribution is -0.129. The van der Waals surface area contributed by atoms with Crippen molar-refractivity contribution in [1.29, 1.82) is 0 Å². The highest BCUT2D eigenvalue weighted by Crippen LogP contribution is 2.30. The zero-order valence-corrected chi connectivity index (χ0v) is 31.4. The number of aliphatic imine (C=N–C) groups is 1. The number of nitrogens with two attached hydrogens (primary N) is 3. The van der Waals surface area contributed by atoms with Gasteiger partial charge in [-0.3, -0.25) is 29.0 Å². The summed E-state index contributed by atoms with van der Waals surface area (Å²) in [6.07, 6.45) is 11.3. The molecule has 0 fully saturated rings. The number of hydrogen-bond donors (Lipinski definition) is 6. The van der Waals surface area contributed by atoms with Crippen LogP contribution in [0.5, 0.6) is 0 Å². The van der Waals surface area contributed by atoms with Gasteiger partial charge in [-0.15, -0.1) is 11.3 Å². The monoisotopic (exact) mass is 732 g/mol. The maximum Gasteiger partial charge on any atom is 0.251 e. The van der Waals surface area contributed by atoms with Crippen molar-refractivity contribution in [2.75, 3.05) is 6.54 Å². The van der Waals surface area contributed by atoms with E-state index < -0.39 is 35.9 Å². The molecule has 0 saturated carbocycles. The number of rotatable bonds is 19. The van der Waals surface area contributed by atoms with Crippen LogP contribution in [0.2, 0.25) is 0 Å². The Morgan fingerprint density at radius 1 is 1.04 bits per heavy atom. The molecule has 1 aromatic carbocycles. The molecule has 0 radical (unpaired) electrons. The average Bonchev–Trinajstić information content (AvgIpc) is 3.71. The Morgan fingerprint density at radius 2 is 1.77 bits per heavy atom. The van der Waals surface area contributed by atoms with Gasteiger partial charge in [0.15, 0.2) is 28.3 Å². The average molecular weight is 733 g/mol. The van der Waals surface area contributed by atoms with Crippen LogP contribution in [0.3, 0.4) is 0 Å². The van der Waals surface area contributed by atoms with Crippen LogP contribution in [0.4, 0.5) is 0 Å². The van der Waals surface area contributed by atoms with Crippen LogP contribution in [0.15, 0.2) is 59.3 Å². The van der Waals surface area contributed by atoms with Crippen LogP contribution in [-0.4, -0.2) is 70.8 Å². The normalized spacial score (nSPS) is 18.6. The number of guanidine groups is 1. The van der Waals surface area contributed by atoms with E-state index in [2.05, 4.69) is 38.1 Å². The van der Waals surface area contributed by atoms with Crippen molar-refractivity contribution in [2.45, 2.75) is 90.9 Å². The Labute approximate surface area is 309 Å². The van der Waals surface area contributed by atoms with E-state index in [1.807, 2.05) is 46.0 Å². The Hall–Kier alpha value is -4.69. The number of allylic oxidation sites excluding steroid dienone is 2. The first-order valence-corrected chi connectivity index (χ1v) is 18.7. The van der Waals surface area contributed by atoms with Crippen molar-refractivity contribution in [3.05, 3.63) is 64.8 Å². The van der Waals surface area contributed by atoms with Crippen LogP contribution in [0, 0.1) is 23.7 Å². The molecule has 280 valence electrons. The van der Waals surface area contributed by atoms with E-state index in [4.69, 9.17) is 17.2 Å². The van der Waals surface area contributed by atoms with Gasteiger partial charge < -0.3 is 33.2 Å². The van der Waals surface area contributed by atoms with Gasteiger partial charge in [-0.1, -0.05) is 52.0 Å². The predicted molar refractivity (Wildman–Crippen MR) is 205 cm³/mol. The van der Waals surface area contributed by atoms with Crippen molar-refractivity contribution < 1.29 is 24.0 Å². The van der Waals surface area contributed by atoms with E-state index in [-0.39, 0.29) is 65.1 Å². The first-order valence-electron chi connectivity index (χ1n) is 17.8. The molecule has 4 rings (SSSR count). The maximum atomic E-state index is 14.0. The Morgan fingerprint density at radius 3 is 2.44 bits per heavy atom. The van der Waals surface area contributed by atoms with E-state index in [1.165, 1.54) is 6.92 Å². The van der Waals surface area contributed by atoms with Crippen LogP contribution >= 0.6 is 11.3 Å². The van der Waals surface area contributed by atoms with Crippen LogP contribution < -0.4 is 33.2 Å². The number of aromatic nitrogens is 1. The van der Waals surface area contributed by atoms with Crippen LogP contribution in [-0.2, 0) is 14.4 Å². The molecule has 2 heterocycles. The molecular weight excluding hydrogens is 681 g/mol. The van der Waals surface area contributed by atoms with Crippen molar-refractivity contribution >= 4 is 56.7 Å². The second-order valence-corrected chi connectivity index (χ2v) is 15.4. The summed E-state index contributed by atoms with van der Waals surface area (Å²) in [4.78, 5) is 75.0. The number of nitrogens with one attached hydrogen (secondary N) is 3. The zero-order chi connectivity index (χ0) is 38.1. The second kappa shape index (κ2) is 18.2. The van der Waals surface area contributed by atoms with E-state index in [0.717, 1.165) is 16.9 Å². The predicted octanol–water partition coefficient (Wildman–Crippen LogP) is 3.30. The highest BCUT2D eigenvalue weighted by Gasteiger charge is 2.33. The first kappa shape index (κ1) is 40.1. The molecular formula is C38H52N8O5S. The SMILES string of the molecule is CC(=O)[C@@H](NC(=O)c1ccc2nc(C(=O)[C@H](CCCN=C(N)N)CC(=O)[C@H](CC(C)C)NC(=O)[C@@H](N)CC3=CNC4C=CC=CC34)sc2c1)C(C)C. The fourth-order valence-corrected chi connectivity index (χ4v) is 7.57. The van der Waals surface area contributed by atoms with Crippen molar-refractivity contribution in [3.8, 4) is 0 Å². The number of nitrogens with zero attached hydrogens (tertiary/aromatic N) is 2. The largest absolute Gasteiger partial charge is 0.384 e. The summed E-state index contributed by atoms with van der Waals surface area (Å²) in [6, 6.07) is 2.72. The number of thiazole rings is 1. The van der Waals surface area contributed by atoms with E-state index in [9.17, 15) is 24.0 Å². The van der Waals surface area contributed by atoms with Gasteiger partial charge in [0.1, 0.15) is 0 Å². The summed E-state index contributed by atoms with van der Waals surface area (Å²) < 4.78 is 0.614. The number of hydrogen-bond acceptors (Lipinski definition) is 10. The highest BCUT2D eigenvalue weighted by atomic mass is 32.1. The zero-order valence-electron chi connectivity index (χ0n) is 30.6. The molecule has 1 aromatic heterocycles. The summed E-state index contributed by atoms with van der Waals surface area (Å²) in [7, 11) is 0. The maximum absolute atomic E-state index is 14.0. The quantitative estimate of drug-likeness (QED) is 0.0535. The summed E-state index contributed by atoms with van der Waals surface area (Å²) in [5, 5.41) is 9.20. The topological polar surface area (TPSA) is 225 Å². The molecule has 0 spiro atoms. The minimum atomic E-state index is -0.862. The number of benzene rings is 1. The van der Waals surface area contributed by atoms with E-state index in [1.54, 1.807) is 18.2 Å². The summed E-state index contributed by atoms with van der Waals surface area (Å²) >= 11 is 1.13. The first-order chi connectivity index (χ1) is 24.6. The van der Waals surface area contributed by atoms with Crippen molar-refractivity contribution in [1.82, 2.24) is 20.9 Å². The van der Waals surface area contributed by atoms with Crippen molar-refractivity contribution in [3.63, 3.8) is 0 Å². The standard InChI is InChI=1S/C38H52N8O5S/c1-20(2)15-30(44-36(51)27(39)16-25-19-43-28-11-7-6-10-26(25)28)31(48)17-23(9-8-14-42-38(40)41)34(49)37-45-29-13-12-24(18-32(29)52-37)35(50)46-33(21(3)4)22(5)47/h6-7,10-13,18-21,23,26-28,30,33,43H,8-9,14-17,39H2,1-5H3,(H,44,51)(H,46,50)(H4,40,41,42)/t23-,26?,27+,28?,30+,33+/m1/s1. The fourth-order valence-electron chi connectivity index (χ4n) is 6.55. The minimum absolute atomic E-state index is 0.0697. The molecule has 1 aliphatic carbocycles. The molecule has 2 aromatic rings. The number of carbonyl (C=O) groups is 5. The van der Waals surface area contributed by atoms with Gasteiger partial charge in [-0.2, -0.15) is 0 Å². The van der Waals surface area contributed by atoms with Crippen molar-refractivity contribution in [2.24, 2.45) is 45.9 Å². The van der Waals surface area contributed by atoms with Gasteiger partial charge in [-0.25, -0.2) is 4.98 Å². The van der Waals surface area contributed by atoms with Crippen LogP contribution in [0.25, 0.3) is 10.2 Å². The second-order valence-electron chi connectivity index (χ2n) is 14.4. The van der Waals surface area contributed by atoms with E-state index in [0.29, 0.717) is 41.5 Å². The molecule has 2 amide bonds. The summed E-state index contributed by atoms with van der Waals surface area (Å²) in [6.45, 7) is 9.35. The number of Topliss-reactive ketones (excluding diaryl/α,β-unsaturated/α-hetero) is 3. The Balaban J connectivity index is 1.50. The lowest BCUT2D eigenvalue weighted by Crippen LogP contribution is -2.49. The van der Waals surface area contributed by atoms with Gasteiger partial charge in [0, 0.05) is 30.4 Å². The number of ketones is 3. The number of amides is 2. The minimum Gasteiger partial charge on any atom is -0.384 e. The third-order valence-electron chi connectivity index (χ3n) is 9.30. The lowest BCUT2D eigenvalue weighted by Gasteiger charge is -2.24. The molecule has 2 aliphatic rings. The fraction of sp³-hybridized carbons (Fsp3) is 0.500. The highest BCUT2D eigenvalue weighted by molar-refractivity contribution is 7.20. The smallest absolute Gasteiger partial charge is 0.251 e. The molecule has 6 atom stereocenters. The van der Waals surface area contributed by atoms with E-state index >= 15 is 0 Å².